The Morgan fingerprint density at radius 2 is 2.14 bits per heavy atom. The van der Waals surface area contributed by atoms with Gasteiger partial charge < -0.3 is 0 Å². The third kappa shape index (κ3) is 3.12. The second kappa shape index (κ2) is 5.78. The molecule has 3 heterocycles. The van der Waals surface area contributed by atoms with Gasteiger partial charge in [0.1, 0.15) is 5.69 Å². The van der Waals surface area contributed by atoms with E-state index in [-0.39, 0.29) is 5.92 Å². The van der Waals surface area contributed by atoms with Gasteiger partial charge in [-0.3, -0.25) is 15.0 Å². The maximum atomic E-state index is 11.8. The fourth-order valence-electron chi connectivity index (χ4n) is 2.64. The summed E-state index contributed by atoms with van der Waals surface area (Å²) in [6, 6.07) is 0. The van der Waals surface area contributed by atoms with E-state index < -0.39 is 10.0 Å². The van der Waals surface area contributed by atoms with E-state index in [2.05, 4.69) is 15.0 Å². The molecule has 1 atom stereocenters. The highest BCUT2D eigenvalue weighted by molar-refractivity contribution is 7.88. The van der Waals surface area contributed by atoms with Crippen molar-refractivity contribution in [2.75, 3.05) is 19.3 Å². The van der Waals surface area contributed by atoms with Crippen LogP contribution >= 0.6 is 11.3 Å². The maximum Gasteiger partial charge on any atom is 0.211 e. The molecule has 0 amide bonds. The molecule has 1 saturated heterocycles. The second-order valence-electron chi connectivity index (χ2n) is 5.12. The summed E-state index contributed by atoms with van der Waals surface area (Å²) >= 11 is 1.52. The highest BCUT2D eigenvalue weighted by atomic mass is 32.2. The first kappa shape index (κ1) is 14.6. The SMILES string of the molecule is CS(=O)(=O)N1CCC[C@@H](c2nccnc2-c2cncs2)C1. The third-order valence-corrected chi connectivity index (χ3v) is 5.68. The summed E-state index contributed by atoms with van der Waals surface area (Å²) in [5.41, 5.74) is 3.45. The van der Waals surface area contributed by atoms with Gasteiger partial charge >= 0.3 is 0 Å². The van der Waals surface area contributed by atoms with Crippen LogP contribution in [0, 0.1) is 0 Å². The van der Waals surface area contributed by atoms with Crippen molar-refractivity contribution >= 4 is 21.4 Å². The zero-order chi connectivity index (χ0) is 14.9. The Labute approximate surface area is 127 Å². The average molecular weight is 324 g/mol. The highest BCUT2D eigenvalue weighted by Crippen LogP contribution is 2.33. The van der Waals surface area contributed by atoms with Crippen molar-refractivity contribution in [3.63, 3.8) is 0 Å². The lowest BCUT2D eigenvalue weighted by atomic mass is 9.94. The van der Waals surface area contributed by atoms with Crippen LogP contribution < -0.4 is 0 Å². The van der Waals surface area contributed by atoms with Crippen molar-refractivity contribution in [2.45, 2.75) is 18.8 Å². The van der Waals surface area contributed by atoms with E-state index in [0.717, 1.165) is 29.1 Å². The highest BCUT2D eigenvalue weighted by Gasteiger charge is 2.29. The molecule has 112 valence electrons. The quantitative estimate of drug-likeness (QED) is 0.859. The summed E-state index contributed by atoms with van der Waals surface area (Å²) < 4.78 is 25.1. The Balaban J connectivity index is 1.94. The topological polar surface area (TPSA) is 76.1 Å². The van der Waals surface area contributed by atoms with Crippen LogP contribution in [0.2, 0.25) is 0 Å². The average Bonchev–Trinajstić information content (AvgIpc) is 3.01. The standard InChI is InChI=1S/C13H16N4O2S2/c1-21(18,19)17-6-2-3-10(8-17)12-13(16-5-4-15-12)11-7-14-9-20-11/h4-5,7,9-10H,2-3,6,8H2,1H3/t10-/m1/s1. The second-order valence-corrected chi connectivity index (χ2v) is 7.98. The molecule has 0 saturated carbocycles. The minimum atomic E-state index is -3.16. The molecular formula is C13H16N4O2S2. The van der Waals surface area contributed by atoms with E-state index in [9.17, 15) is 8.42 Å². The van der Waals surface area contributed by atoms with Gasteiger partial charge in [0.25, 0.3) is 0 Å². The molecule has 1 fully saturated rings. The van der Waals surface area contributed by atoms with E-state index in [1.807, 2.05) is 0 Å². The molecule has 0 aliphatic carbocycles. The number of piperidine rings is 1. The molecular weight excluding hydrogens is 308 g/mol. The summed E-state index contributed by atoms with van der Waals surface area (Å²) in [6.45, 7) is 1.06. The van der Waals surface area contributed by atoms with Crippen molar-refractivity contribution in [1.29, 1.82) is 0 Å². The van der Waals surface area contributed by atoms with Gasteiger partial charge in [-0.2, -0.15) is 0 Å². The maximum absolute atomic E-state index is 11.8. The molecule has 1 aliphatic heterocycles. The number of hydrogen-bond donors (Lipinski definition) is 0. The Morgan fingerprint density at radius 3 is 2.86 bits per heavy atom. The Morgan fingerprint density at radius 1 is 1.33 bits per heavy atom. The monoisotopic (exact) mass is 324 g/mol. The lowest BCUT2D eigenvalue weighted by Gasteiger charge is -2.31. The summed E-state index contributed by atoms with van der Waals surface area (Å²) in [5, 5.41) is 0. The van der Waals surface area contributed by atoms with Crippen LogP contribution in [0.25, 0.3) is 10.6 Å². The first-order valence-electron chi connectivity index (χ1n) is 6.70. The fraction of sp³-hybridized carbons (Fsp3) is 0.462. The molecule has 0 bridgehead atoms. The number of sulfonamides is 1. The Bertz CT molecular complexity index is 716. The normalized spacial score (nSPS) is 20.5. The van der Waals surface area contributed by atoms with Crippen LogP contribution in [0.3, 0.4) is 0 Å². The summed E-state index contributed by atoms with van der Waals surface area (Å²) in [6.07, 6.45) is 8.13. The fourth-order valence-corrected chi connectivity index (χ4v) is 4.17. The van der Waals surface area contributed by atoms with E-state index in [4.69, 9.17) is 0 Å². The lowest BCUT2D eigenvalue weighted by molar-refractivity contribution is 0.314. The molecule has 1 aliphatic rings. The predicted octanol–water partition coefficient (Wildman–Crippen LogP) is 1.74. The zero-order valence-electron chi connectivity index (χ0n) is 11.6. The molecule has 8 heteroatoms. The summed E-state index contributed by atoms with van der Waals surface area (Å²) in [5.74, 6) is 0.0827. The first-order chi connectivity index (χ1) is 10.1. The minimum absolute atomic E-state index is 0.0827. The molecule has 0 spiro atoms. The summed E-state index contributed by atoms with van der Waals surface area (Å²) in [7, 11) is -3.16. The molecule has 0 N–H and O–H groups in total. The van der Waals surface area contributed by atoms with Crippen LogP contribution in [0.15, 0.2) is 24.1 Å². The molecule has 3 rings (SSSR count). The van der Waals surface area contributed by atoms with Crippen LogP contribution in [-0.4, -0.2) is 47.0 Å². The van der Waals surface area contributed by atoms with Gasteiger partial charge in [0.05, 0.1) is 22.3 Å². The smallest absolute Gasteiger partial charge is 0.211 e. The van der Waals surface area contributed by atoms with Crippen molar-refractivity contribution in [1.82, 2.24) is 19.3 Å². The molecule has 2 aromatic heterocycles. The van der Waals surface area contributed by atoms with Crippen LogP contribution in [0.1, 0.15) is 24.5 Å². The van der Waals surface area contributed by atoms with Crippen LogP contribution in [0.5, 0.6) is 0 Å². The Hall–Kier alpha value is -1.38. The molecule has 2 aromatic rings. The number of nitrogens with zero attached hydrogens (tertiary/aromatic N) is 4. The Kier molecular flexibility index (Phi) is 4.01. The van der Waals surface area contributed by atoms with Gasteiger partial charge in [-0.25, -0.2) is 12.7 Å². The van der Waals surface area contributed by atoms with E-state index in [1.54, 1.807) is 24.1 Å². The third-order valence-electron chi connectivity index (χ3n) is 3.63. The van der Waals surface area contributed by atoms with Gasteiger partial charge in [0, 0.05) is 37.6 Å². The van der Waals surface area contributed by atoms with Crippen LogP contribution in [-0.2, 0) is 10.0 Å². The number of aromatic nitrogens is 3. The van der Waals surface area contributed by atoms with E-state index >= 15 is 0 Å². The first-order valence-corrected chi connectivity index (χ1v) is 9.43. The van der Waals surface area contributed by atoms with Crippen molar-refractivity contribution in [3.8, 4) is 10.6 Å². The molecule has 0 radical (unpaired) electrons. The molecule has 0 unspecified atom stereocenters. The van der Waals surface area contributed by atoms with E-state index in [1.165, 1.54) is 21.9 Å². The van der Waals surface area contributed by atoms with Crippen LogP contribution in [0.4, 0.5) is 0 Å². The number of rotatable bonds is 3. The van der Waals surface area contributed by atoms with Gasteiger partial charge in [-0.15, -0.1) is 11.3 Å². The van der Waals surface area contributed by atoms with Crippen molar-refractivity contribution in [2.24, 2.45) is 0 Å². The van der Waals surface area contributed by atoms with Crippen molar-refractivity contribution in [3.05, 3.63) is 29.8 Å². The predicted molar refractivity (Wildman–Crippen MR) is 81.5 cm³/mol. The molecule has 0 aromatic carbocycles. The summed E-state index contributed by atoms with van der Waals surface area (Å²) in [4.78, 5) is 13.9. The van der Waals surface area contributed by atoms with Gasteiger partial charge in [-0.1, -0.05) is 0 Å². The van der Waals surface area contributed by atoms with Crippen molar-refractivity contribution < 1.29 is 8.42 Å². The molecule has 6 nitrogen and oxygen atoms in total. The van der Waals surface area contributed by atoms with E-state index in [0.29, 0.717) is 13.1 Å². The number of thiazole rings is 1. The number of hydrogen-bond acceptors (Lipinski definition) is 6. The zero-order valence-corrected chi connectivity index (χ0v) is 13.3. The minimum Gasteiger partial charge on any atom is -0.257 e. The van der Waals surface area contributed by atoms with Gasteiger partial charge in [-0.05, 0) is 12.8 Å². The molecule has 21 heavy (non-hydrogen) atoms. The van der Waals surface area contributed by atoms with Gasteiger partial charge in [0.2, 0.25) is 10.0 Å². The largest absolute Gasteiger partial charge is 0.257 e. The lowest BCUT2D eigenvalue weighted by Crippen LogP contribution is -2.38. The van der Waals surface area contributed by atoms with Gasteiger partial charge in [0.15, 0.2) is 0 Å².